The van der Waals surface area contributed by atoms with Crippen LogP contribution in [-0.4, -0.2) is 10.8 Å². The Bertz CT molecular complexity index is 1320. The van der Waals surface area contributed by atoms with Crippen molar-refractivity contribution < 1.29 is 18.0 Å². The Labute approximate surface area is 184 Å². The summed E-state index contributed by atoms with van der Waals surface area (Å²) in [6.45, 7) is 1.95. The molecule has 0 aliphatic carbocycles. The van der Waals surface area contributed by atoms with Gasteiger partial charge < -0.3 is 0 Å². The maximum Gasteiger partial charge on any atom is 0.416 e. The van der Waals surface area contributed by atoms with Gasteiger partial charge in [0.25, 0.3) is 0 Å². The van der Waals surface area contributed by atoms with Crippen molar-refractivity contribution in [2.75, 3.05) is 0 Å². The summed E-state index contributed by atoms with van der Waals surface area (Å²) < 4.78 is 39.9. The number of benzene rings is 3. The number of ketones is 1. The Kier molecular flexibility index (Phi) is 4.75. The first-order valence-electron chi connectivity index (χ1n) is 9.42. The molecule has 0 radical (unpaired) electrons. The van der Waals surface area contributed by atoms with Gasteiger partial charge in [0.15, 0.2) is 5.01 Å². The molecule has 7 heteroatoms. The minimum absolute atomic E-state index is 0.198. The van der Waals surface area contributed by atoms with Gasteiger partial charge in [-0.05, 0) is 25.1 Å². The van der Waals surface area contributed by atoms with Gasteiger partial charge in [-0.2, -0.15) is 13.2 Å². The average Bonchev–Trinajstić information content (AvgIpc) is 3.13. The molecule has 1 aromatic heterocycles. The van der Waals surface area contributed by atoms with Crippen molar-refractivity contribution >= 4 is 28.9 Å². The number of hydrogen-bond acceptors (Lipinski definition) is 4. The van der Waals surface area contributed by atoms with E-state index < -0.39 is 11.7 Å². The van der Waals surface area contributed by atoms with Crippen LogP contribution in [0.1, 0.15) is 26.5 Å². The Balaban J connectivity index is 1.70. The number of alkyl halides is 3. The molecule has 5 rings (SSSR count). The van der Waals surface area contributed by atoms with Crippen LogP contribution in [0.4, 0.5) is 13.2 Å². The molecule has 2 heterocycles. The van der Waals surface area contributed by atoms with Crippen molar-refractivity contribution in [1.82, 2.24) is 4.98 Å². The van der Waals surface area contributed by atoms with E-state index in [1.54, 1.807) is 12.1 Å². The van der Waals surface area contributed by atoms with Crippen LogP contribution in [0.25, 0.3) is 21.7 Å². The molecular weight excluding hydrogens is 439 g/mol. The van der Waals surface area contributed by atoms with Gasteiger partial charge in [-0.3, -0.25) is 4.79 Å². The Morgan fingerprint density at radius 3 is 2.39 bits per heavy atom. The third-order valence-electron chi connectivity index (χ3n) is 5.05. The average molecular weight is 454 g/mol. The summed E-state index contributed by atoms with van der Waals surface area (Å²) in [5, 5.41) is 0.321. The van der Waals surface area contributed by atoms with E-state index in [-0.39, 0.29) is 5.78 Å². The summed E-state index contributed by atoms with van der Waals surface area (Å²) in [6, 6.07) is 18.5. The lowest BCUT2D eigenvalue weighted by molar-refractivity contribution is -0.137. The van der Waals surface area contributed by atoms with Crippen LogP contribution >= 0.6 is 23.1 Å². The third-order valence-corrected chi connectivity index (χ3v) is 7.27. The van der Waals surface area contributed by atoms with E-state index in [1.807, 2.05) is 43.3 Å². The second-order valence-electron chi connectivity index (χ2n) is 7.20. The highest BCUT2D eigenvalue weighted by atomic mass is 32.2. The molecule has 31 heavy (non-hydrogen) atoms. The van der Waals surface area contributed by atoms with Crippen molar-refractivity contribution in [2.24, 2.45) is 0 Å². The van der Waals surface area contributed by atoms with Crippen molar-refractivity contribution in [3.63, 3.8) is 0 Å². The summed E-state index contributed by atoms with van der Waals surface area (Å²) in [6.07, 6.45) is -4.43. The van der Waals surface area contributed by atoms with Gasteiger partial charge in [0, 0.05) is 26.5 Å². The second-order valence-corrected chi connectivity index (χ2v) is 9.28. The van der Waals surface area contributed by atoms with Crippen molar-refractivity contribution in [3.05, 3.63) is 88.4 Å². The molecule has 0 fully saturated rings. The van der Waals surface area contributed by atoms with Gasteiger partial charge in [-0.1, -0.05) is 65.9 Å². The van der Waals surface area contributed by atoms with Crippen molar-refractivity contribution in [2.45, 2.75) is 22.9 Å². The molecule has 3 aromatic carbocycles. The first-order chi connectivity index (χ1) is 14.8. The zero-order chi connectivity index (χ0) is 21.8. The van der Waals surface area contributed by atoms with Crippen LogP contribution in [0.5, 0.6) is 0 Å². The molecule has 0 atom stereocenters. The van der Waals surface area contributed by atoms with Gasteiger partial charge in [0.1, 0.15) is 0 Å². The van der Waals surface area contributed by atoms with Crippen molar-refractivity contribution in [1.29, 1.82) is 0 Å². The standard InChI is InChI=1S/C24H14F3NOS2/c1-13-6-8-14(9-7-13)21(29)23-28-20-16-11-10-15(24(25,26)27)12-19(16)30-18-5-3-2-4-17(18)22(20)31-23/h2-12H,1H3. The van der Waals surface area contributed by atoms with Gasteiger partial charge >= 0.3 is 6.18 Å². The fourth-order valence-corrected chi connectivity index (χ4v) is 5.72. The molecule has 0 N–H and O–H groups in total. The lowest BCUT2D eigenvalue weighted by Crippen LogP contribution is -2.05. The van der Waals surface area contributed by atoms with Crippen LogP contribution in [0.3, 0.4) is 0 Å². The zero-order valence-corrected chi connectivity index (χ0v) is 17.8. The summed E-state index contributed by atoms with van der Waals surface area (Å²) in [7, 11) is 0. The number of carbonyl (C=O) groups is 1. The highest BCUT2D eigenvalue weighted by Gasteiger charge is 2.33. The predicted octanol–water partition coefficient (Wildman–Crippen LogP) is 7.50. The van der Waals surface area contributed by atoms with E-state index >= 15 is 0 Å². The Hall–Kier alpha value is -2.90. The number of fused-ring (bicyclic) bond motifs is 5. The molecule has 1 aliphatic rings. The number of nitrogens with zero attached hydrogens (tertiary/aromatic N) is 1. The van der Waals surface area contributed by atoms with Crippen LogP contribution in [0.2, 0.25) is 0 Å². The molecule has 0 bridgehead atoms. The summed E-state index contributed by atoms with van der Waals surface area (Å²) in [4.78, 5) is 19.8. The highest BCUT2D eigenvalue weighted by Crippen LogP contribution is 2.50. The minimum Gasteiger partial charge on any atom is -0.286 e. The van der Waals surface area contributed by atoms with E-state index in [4.69, 9.17) is 0 Å². The van der Waals surface area contributed by atoms with Crippen LogP contribution in [0, 0.1) is 6.92 Å². The molecule has 0 unspecified atom stereocenters. The molecule has 154 valence electrons. The topological polar surface area (TPSA) is 30.0 Å². The molecule has 0 saturated heterocycles. The number of hydrogen-bond donors (Lipinski definition) is 0. The quantitative estimate of drug-likeness (QED) is 0.259. The smallest absolute Gasteiger partial charge is 0.286 e. The second kappa shape index (κ2) is 7.35. The molecular formula is C24H14F3NOS2. The molecule has 2 nitrogen and oxygen atoms in total. The van der Waals surface area contributed by atoms with Crippen LogP contribution in [0.15, 0.2) is 76.5 Å². The number of rotatable bonds is 2. The third kappa shape index (κ3) is 3.58. The van der Waals surface area contributed by atoms with E-state index in [0.29, 0.717) is 26.7 Å². The SMILES string of the molecule is Cc1ccc(C(=O)c2nc3c(s2)-c2ccccc2Sc2cc(C(F)(F)F)ccc2-3)cc1. The summed E-state index contributed by atoms with van der Waals surface area (Å²) in [5.41, 5.74) is 2.89. The molecule has 1 aliphatic heterocycles. The van der Waals surface area contributed by atoms with Gasteiger partial charge in [-0.15, -0.1) is 11.3 Å². The van der Waals surface area contributed by atoms with E-state index in [2.05, 4.69) is 4.98 Å². The fraction of sp³-hybridized carbons (Fsp3) is 0.0833. The highest BCUT2D eigenvalue weighted by molar-refractivity contribution is 7.99. The molecule has 0 amide bonds. The lowest BCUT2D eigenvalue weighted by Gasteiger charge is -2.11. The van der Waals surface area contributed by atoms with E-state index in [1.165, 1.54) is 29.2 Å². The Morgan fingerprint density at radius 2 is 1.65 bits per heavy atom. The van der Waals surface area contributed by atoms with Crippen LogP contribution in [-0.2, 0) is 6.18 Å². The maximum absolute atomic E-state index is 13.3. The van der Waals surface area contributed by atoms with Crippen LogP contribution < -0.4 is 0 Å². The molecule has 4 aromatic rings. The zero-order valence-electron chi connectivity index (χ0n) is 16.2. The van der Waals surface area contributed by atoms with Gasteiger partial charge in [-0.25, -0.2) is 4.98 Å². The maximum atomic E-state index is 13.3. The van der Waals surface area contributed by atoms with Gasteiger partial charge in [0.2, 0.25) is 5.78 Å². The number of aromatic nitrogens is 1. The van der Waals surface area contributed by atoms with Gasteiger partial charge in [0.05, 0.1) is 16.1 Å². The fourth-order valence-electron chi connectivity index (χ4n) is 3.45. The minimum atomic E-state index is -4.43. The Morgan fingerprint density at radius 1 is 0.903 bits per heavy atom. The molecule has 0 saturated carbocycles. The summed E-state index contributed by atoms with van der Waals surface area (Å²) in [5.74, 6) is -0.198. The first kappa shape index (κ1) is 20.0. The first-order valence-corrected chi connectivity index (χ1v) is 11.1. The van der Waals surface area contributed by atoms with E-state index in [9.17, 15) is 18.0 Å². The van der Waals surface area contributed by atoms with Crippen molar-refractivity contribution in [3.8, 4) is 21.7 Å². The number of thiazole rings is 1. The number of aryl methyl sites for hydroxylation is 1. The summed E-state index contributed by atoms with van der Waals surface area (Å²) >= 11 is 2.56. The van der Waals surface area contributed by atoms with E-state index in [0.717, 1.165) is 33.0 Å². The normalized spacial score (nSPS) is 12.5. The largest absolute Gasteiger partial charge is 0.416 e. The predicted molar refractivity (Wildman–Crippen MR) is 117 cm³/mol. The number of halogens is 3. The number of carbonyl (C=O) groups excluding carboxylic acids is 1. The monoisotopic (exact) mass is 453 g/mol. The lowest BCUT2D eigenvalue weighted by atomic mass is 10.0. The molecule has 0 spiro atoms.